The van der Waals surface area contributed by atoms with Gasteiger partial charge in [0.1, 0.15) is 23.1 Å². The first-order valence-corrected chi connectivity index (χ1v) is 8.96. The van der Waals surface area contributed by atoms with Crippen LogP contribution < -0.4 is 4.90 Å². The molecule has 0 saturated heterocycles. The summed E-state index contributed by atoms with van der Waals surface area (Å²) >= 11 is 0. The molecule has 0 bridgehead atoms. The van der Waals surface area contributed by atoms with E-state index in [0.29, 0.717) is 23.6 Å². The third-order valence-electron chi connectivity index (χ3n) is 4.51. The smallest absolute Gasteiger partial charge is 0.194 e. The standard InChI is InChI=1S/C21H18FN7/c1-27(2)19-9-5-16(6-10-19)20-14-29(26-24-20)21-17(11-23)13-28(25-21)12-15-3-7-18(22)8-4-15/h3-10,13-14H,12H2,1-2H3. The first-order valence-electron chi connectivity index (χ1n) is 8.96. The van der Waals surface area contributed by atoms with Crippen LogP contribution in [-0.4, -0.2) is 38.9 Å². The third kappa shape index (κ3) is 3.84. The lowest BCUT2D eigenvalue weighted by molar-refractivity contribution is 0.623. The normalized spacial score (nSPS) is 10.7. The maximum absolute atomic E-state index is 13.1. The molecule has 4 aromatic rings. The summed E-state index contributed by atoms with van der Waals surface area (Å²) in [5, 5.41) is 22.3. The molecule has 0 unspecified atom stereocenters. The minimum Gasteiger partial charge on any atom is -0.378 e. The topological polar surface area (TPSA) is 75.6 Å². The molecular formula is C21H18FN7. The van der Waals surface area contributed by atoms with Gasteiger partial charge in [-0.05, 0) is 29.8 Å². The summed E-state index contributed by atoms with van der Waals surface area (Å²) < 4.78 is 16.2. The van der Waals surface area contributed by atoms with Crippen molar-refractivity contribution in [2.24, 2.45) is 0 Å². The summed E-state index contributed by atoms with van der Waals surface area (Å²) in [4.78, 5) is 2.02. The van der Waals surface area contributed by atoms with Crippen LogP contribution in [0.2, 0.25) is 0 Å². The van der Waals surface area contributed by atoms with Crippen molar-refractivity contribution >= 4 is 5.69 Å². The maximum Gasteiger partial charge on any atom is 0.194 e. The van der Waals surface area contributed by atoms with Crippen molar-refractivity contribution in [3.63, 3.8) is 0 Å². The monoisotopic (exact) mass is 387 g/mol. The highest BCUT2D eigenvalue weighted by molar-refractivity contribution is 5.62. The minimum atomic E-state index is -0.290. The first kappa shape index (κ1) is 18.4. The first-order chi connectivity index (χ1) is 14.0. The molecule has 4 rings (SSSR count). The molecule has 0 aliphatic carbocycles. The Balaban J connectivity index is 1.61. The molecule has 0 atom stereocenters. The van der Waals surface area contributed by atoms with Crippen molar-refractivity contribution in [3.05, 3.63) is 77.9 Å². The second kappa shape index (κ2) is 7.56. The van der Waals surface area contributed by atoms with E-state index in [9.17, 15) is 9.65 Å². The molecule has 0 aliphatic heterocycles. The van der Waals surface area contributed by atoms with Gasteiger partial charge in [0.2, 0.25) is 0 Å². The van der Waals surface area contributed by atoms with Gasteiger partial charge in [-0.15, -0.1) is 5.10 Å². The predicted molar refractivity (Wildman–Crippen MR) is 107 cm³/mol. The van der Waals surface area contributed by atoms with Crippen LogP contribution in [0.25, 0.3) is 17.1 Å². The van der Waals surface area contributed by atoms with Gasteiger partial charge in [-0.1, -0.05) is 29.5 Å². The van der Waals surface area contributed by atoms with Gasteiger partial charge < -0.3 is 4.90 Å². The molecule has 2 aromatic carbocycles. The number of hydrogen-bond donors (Lipinski definition) is 0. The summed E-state index contributed by atoms with van der Waals surface area (Å²) in [6, 6.07) is 16.3. The molecule has 0 N–H and O–H groups in total. The number of anilines is 1. The van der Waals surface area contributed by atoms with E-state index < -0.39 is 0 Å². The van der Waals surface area contributed by atoms with Crippen LogP contribution in [0.15, 0.2) is 60.9 Å². The fourth-order valence-electron chi connectivity index (χ4n) is 2.95. The van der Waals surface area contributed by atoms with E-state index in [0.717, 1.165) is 16.8 Å². The van der Waals surface area contributed by atoms with Gasteiger partial charge in [0.15, 0.2) is 5.82 Å². The third-order valence-corrected chi connectivity index (χ3v) is 4.51. The van der Waals surface area contributed by atoms with Crippen LogP contribution in [0.4, 0.5) is 10.1 Å². The Bertz CT molecular complexity index is 1170. The Hall–Kier alpha value is -3.99. The number of aromatic nitrogens is 5. The summed E-state index contributed by atoms with van der Waals surface area (Å²) in [5.74, 6) is 0.111. The summed E-state index contributed by atoms with van der Waals surface area (Å²) in [5.41, 5.74) is 3.96. The van der Waals surface area contributed by atoms with Crippen molar-refractivity contribution in [1.29, 1.82) is 5.26 Å². The van der Waals surface area contributed by atoms with E-state index in [-0.39, 0.29) is 5.82 Å². The van der Waals surface area contributed by atoms with Gasteiger partial charge in [-0.2, -0.15) is 15.0 Å². The average molecular weight is 387 g/mol. The lowest BCUT2D eigenvalue weighted by Crippen LogP contribution is -2.07. The largest absolute Gasteiger partial charge is 0.378 e. The second-order valence-electron chi connectivity index (χ2n) is 6.79. The fourth-order valence-corrected chi connectivity index (χ4v) is 2.95. The Labute approximate surface area is 167 Å². The Morgan fingerprint density at radius 2 is 1.76 bits per heavy atom. The van der Waals surface area contributed by atoms with E-state index in [4.69, 9.17) is 0 Å². The molecule has 2 heterocycles. The molecular weight excluding hydrogens is 369 g/mol. The molecule has 7 nitrogen and oxygen atoms in total. The highest BCUT2D eigenvalue weighted by Crippen LogP contribution is 2.22. The molecule has 2 aromatic heterocycles. The molecule has 0 fully saturated rings. The van der Waals surface area contributed by atoms with Gasteiger partial charge in [0.05, 0.1) is 12.7 Å². The van der Waals surface area contributed by atoms with Crippen molar-refractivity contribution in [2.75, 3.05) is 19.0 Å². The SMILES string of the molecule is CN(C)c1ccc(-c2cn(-c3nn(Cc4ccc(F)cc4)cc3C#N)nn2)cc1. The van der Waals surface area contributed by atoms with E-state index >= 15 is 0 Å². The van der Waals surface area contributed by atoms with Crippen LogP contribution in [-0.2, 0) is 6.54 Å². The Morgan fingerprint density at radius 3 is 2.41 bits per heavy atom. The van der Waals surface area contributed by atoms with Crippen LogP contribution in [0.5, 0.6) is 0 Å². The van der Waals surface area contributed by atoms with Gasteiger partial charge in [-0.3, -0.25) is 4.68 Å². The summed E-state index contributed by atoms with van der Waals surface area (Å²) in [7, 11) is 3.97. The highest BCUT2D eigenvalue weighted by atomic mass is 19.1. The molecule has 0 saturated carbocycles. The fraction of sp³-hybridized carbons (Fsp3) is 0.143. The summed E-state index contributed by atoms with van der Waals surface area (Å²) in [6.07, 6.45) is 3.39. The van der Waals surface area contributed by atoms with Gasteiger partial charge in [0, 0.05) is 31.5 Å². The van der Waals surface area contributed by atoms with E-state index in [2.05, 4.69) is 21.5 Å². The maximum atomic E-state index is 13.1. The minimum absolute atomic E-state index is 0.290. The predicted octanol–water partition coefficient (Wildman–Crippen LogP) is 3.26. The zero-order valence-electron chi connectivity index (χ0n) is 16.0. The molecule has 0 amide bonds. The molecule has 0 spiro atoms. The highest BCUT2D eigenvalue weighted by Gasteiger charge is 2.14. The van der Waals surface area contributed by atoms with Gasteiger partial charge in [0.25, 0.3) is 0 Å². The second-order valence-corrected chi connectivity index (χ2v) is 6.79. The van der Waals surface area contributed by atoms with Crippen LogP contribution in [0.1, 0.15) is 11.1 Å². The Kier molecular flexibility index (Phi) is 4.79. The number of halogens is 1. The number of rotatable bonds is 5. The van der Waals surface area contributed by atoms with Crippen molar-refractivity contribution < 1.29 is 4.39 Å². The molecule has 144 valence electrons. The number of benzene rings is 2. The number of nitriles is 1. The van der Waals surface area contributed by atoms with Crippen LogP contribution in [0, 0.1) is 17.1 Å². The van der Waals surface area contributed by atoms with E-state index in [1.807, 2.05) is 43.3 Å². The number of hydrogen-bond acceptors (Lipinski definition) is 5. The summed E-state index contributed by atoms with van der Waals surface area (Å²) in [6.45, 7) is 0.419. The lowest BCUT2D eigenvalue weighted by Gasteiger charge is -2.11. The Morgan fingerprint density at radius 1 is 1.03 bits per heavy atom. The van der Waals surface area contributed by atoms with Crippen molar-refractivity contribution in [1.82, 2.24) is 24.8 Å². The van der Waals surface area contributed by atoms with Crippen LogP contribution in [0.3, 0.4) is 0 Å². The van der Waals surface area contributed by atoms with Gasteiger partial charge >= 0.3 is 0 Å². The van der Waals surface area contributed by atoms with Crippen molar-refractivity contribution in [2.45, 2.75) is 6.54 Å². The van der Waals surface area contributed by atoms with Gasteiger partial charge in [-0.25, -0.2) is 4.39 Å². The molecule has 29 heavy (non-hydrogen) atoms. The zero-order chi connectivity index (χ0) is 20.4. The van der Waals surface area contributed by atoms with Crippen LogP contribution >= 0.6 is 0 Å². The quantitative estimate of drug-likeness (QED) is 0.525. The van der Waals surface area contributed by atoms with E-state index in [1.165, 1.54) is 16.8 Å². The molecule has 8 heteroatoms. The average Bonchev–Trinajstić information content (AvgIpc) is 3.36. The zero-order valence-corrected chi connectivity index (χ0v) is 16.0. The van der Waals surface area contributed by atoms with Crippen molar-refractivity contribution in [3.8, 4) is 23.1 Å². The molecule has 0 aliphatic rings. The number of nitrogens with zero attached hydrogens (tertiary/aromatic N) is 7. The van der Waals surface area contributed by atoms with E-state index in [1.54, 1.807) is 29.2 Å². The lowest BCUT2D eigenvalue weighted by atomic mass is 10.1. The molecule has 0 radical (unpaired) electrons.